The highest BCUT2D eigenvalue weighted by atomic mass is 35.5. The van der Waals surface area contributed by atoms with Gasteiger partial charge in [0.1, 0.15) is 0 Å². The van der Waals surface area contributed by atoms with E-state index in [-0.39, 0.29) is 5.91 Å². The van der Waals surface area contributed by atoms with Crippen molar-refractivity contribution in [1.29, 1.82) is 0 Å². The summed E-state index contributed by atoms with van der Waals surface area (Å²) in [7, 11) is 0. The number of rotatable bonds is 5. The molecule has 0 aromatic heterocycles. The standard InChI is InChI=1S/C16H17Cl2NO/c17-13-7-5-10(14(18)9-13)6-8-15(20)19-16(11-1-2-11)12-3-4-12/h5-9,11-12,16H,1-4H2,(H,19,20)/b8-6+. The van der Waals surface area contributed by atoms with Crippen molar-refractivity contribution in [3.8, 4) is 0 Å². The second kappa shape index (κ2) is 5.79. The Morgan fingerprint density at radius 1 is 1.20 bits per heavy atom. The van der Waals surface area contributed by atoms with E-state index in [0.717, 1.165) is 5.56 Å². The predicted octanol–water partition coefficient (Wildman–Crippen LogP) is 4.31. The summed E-state index contributed by atoms with van der Waals surface area (Å²) in [5.74, 6) is 1.39. The van der Waals surface area contributed by atoms with Crippen LogP contribution < -0.4 is 5.32 Å². The molecule has 2 nitrogen and oxygen atoms in total. The molecule has 20 heavy (non-hydrogen) atoms. The molecule has 0 heterocycles. The molecule has 2 saturated carbocycles. The van der Waals surface area contributed by atoms with Crippen molar-refractivity contribution in [2.45, 2.75) is 31.7 Å². The Morgan fingerprint density at radius 2 is 1.85 bits per heavy atom. The van der Waals surface area contributed by atoms with Gasteiger partial charge in [-0.15, -0.1) is 0 Å². The summed E-state index contributed by atoms with van der Waals surface area (Å²) in [6.45, 7) is 0. The van der Waals surface area contributed by atoms with Crippen LogP contribution in [0.3, 0.4) is 0 Å². The van der Waals surface area contributed by atoms with Crippen LogP contribution in [0.1, 0.15) is 31.2 Å². The second-order valence-electron chi connectivity index (χ2n) is 5.71. The minimum Gasteiger partial charge on any atom is -0.349 e. The van der Waals surface area contributed by atoms with Crippen molar-refractivity contribution in [3.63, 3.8) is 0 Å². The zero-order valence-electron chi connectivity index (χ0n) is 11.1. The Hall–Kier alpha value is -0.990. The van der Waals surface area contributed by atoms with Crippen LogP contribution in [0, 0.1) is 11.8 Å². The average Bonchev–Trinajstić information content (AvgIpc) is 3.28. The smallest absolute Gasteiger partial charge is 0.244 e. The van der Waals surface area contributed by atoms with Gasteiger partial charge in [0, 0.05) is 22.2 Å². The Morgan fingerprint density at radius 3 is 2.40 bits per heavy atom. The highest BCUT2D eigenvalue weighted by Crippen LogP contribution is 2.44. The summed E-state index contributed by atoms with van der Waals surface area (Å²) < 4.78 is 0. The van der Waals surface area contributed by atoms with Crippen LogP contribution in [-0.2, 0) is 4.79 Å². The summed E-state index contributed by atoms with van der Waals surface area (Å²) in [6.07, 6.45) is 8.34. The molecule has 0 aliphatic heterocycles. The van der Waals surface area contributed by atoms with Crippen LogP contribution in [-0.4, -0.2) is 11.9 Å². The van der Waals surface area contributed by atoms with Crippen LogP contribution in [0.25, 0.3) is 6.08 Å². The Balaban J connectivity index is 1.61. The number of amides is 1. The quantitative estimate of drug-likeness (QED) is 0.807. The summed E-state index contributed by atoms with van der Waals surface area (Å²) in [5, 5.41) is 4.30. The van der Waals surface area contributed by atoms with Crippen LogP contribution in [0.15, 0.2) is 24.3 Å². The highest BCUT2D eigenvalue weighted by molar-refractivity contribution is 6.35. The van der Waals surface area contributed by atoms with Crippen molar-refractivity contribution in [2.24, 2.45) is 11.8 Å². The molecule has 2 aliphatic carbocycles. The molecule has 1 aromatic carbocycles. The fourth-order valence-corrected chi connectivity index (χ4v) is 3.02. The lowest BCUT2D eigenvalue weighted by molar-refractivity contribution is -0.117. The van der Waals surface area contributed by atoms with Gasteiger partial charge in [-0.05, 0) is 61.3 Å². The third-order valence-electron chi connectivity index (χ3n) is 3.95. The molecule has 0 saturated heterocycles. The zero-order chi connectivity index (χ0) is 14.1. The number of benzene rings is 1. The van der Waals surface area contributed by atoms with E-state index in [2.05, 4.69) is 5.32 Å². The maximum Gasteiger partial charge on any atom is 0.244 e. The molecule has 0 radical (unpaired) electrons. The summed E-state index contributed by atoms with van der Waals surface area (Å²) >= 11 is 11.9. The highest BCUT2D eigenvalue weighted by Gasteiger charge is 2.41. The maximum absolute atomic E-state index is 12.0. The van der Waals surface area contributed by atoms with Crippen LogP contribution >= 0.6 is 23.2 Å². The van der Waals surface area contributed by atoms with E-state index in [4.69, 9.17) is 23.2 Å². The first-order valence-corrected chi connectivity index (χ1v) is 7.83. The molecule has 4 heteroatoms. The first-order valence-electron chi connectivity index (χ1n) is 7.07. The van der Waals surface area contributed by atoms with Gasteiger partial charge in [0.2, 0.25) is 5.91 Å². The van der Waals surface area contributed by atoms with Crippen molar-refractivity contribution >= 4 is 35.2 Å². The number of carbonyl (C=O) groups excluding carboxylic acids is 1. The van der Waals surface area contributed by atoms with Gasteiger partial charge in [0.15, 0.2) is 0 Å². The number of carbonyl (C=O) groups is 1. The number of nitrogens with one attached hydrogen (secondary N) is 1. The first kappa shape index (κ1) is 14.0. The van der Waals surface area contributed by atoms with Gasteiger partial charge in [-0.2, -0.15) is 0 Å². The molecule has 2 fully saturated rings. The van der Waals surface area contributed by atoms with Crippen LogP contribution in [0.4, 0.5) is 0 Å². The van der Waals surface area contributed by atoms with Crippen molar-refractivity contribution in [3.05, 3.63) is 39.9 Å². The van der Waals surface area contributed by atoms with Gasteiger partial charge in [0.25, 0.3) is 0 Å². The first-order chi connectivity index (χ1) is 9.63. The zero-order valence-corrected chi connectivity index (χ0v) is 12.6. The summed E-state index contributed by atoms with van der Waals surface area (Å²) in [5.41, 5.74) is 0.806. The minimum atomic E-state index is -0.0279. The molecule has 0 unspecified atom stereocenters. The van der Waals surface area contributed by atoms with Gasteiger partial charge >= 0.3 is 0 Å². The van der Waals surface area contributed by atoms with E-state index in [0.29, 0.717) is 27.9 Å². The molecule has 106 valence electrons. The molecular formula is C16H17Cl2NO. The molecule has 1 amide bonds. The molecule has 0 atom stereocenters. The number of halogens is 2. The molecular weight excluding hydrogens is 293 g/mol. The van der Waals surface area contributed by atoms with Crippen LogP contribution in [0.5, 0.6) is 0 Å². The molecule has 1 N–H and O–H groups in total. The number of hydrogen-bond donors (Lipinski definition) is 1. The van der Waals surface area contributed by atoms with Gasteiger partial charge in [-0.25, -0.2) is 0 Å². The van der Waals surface area contributed by atoms with Crippen molar-refractivity contribution in [2.75, 3.05) is 0 Å². The third-order valence-corrected chi connectivity index (χ3v) is 4.51. The SMILES string of the molecule is O=C(/C=C/c1ccc(Cl)cc1Cl)NC(C1CC1)C1CC1. The lowest BCUT2D eigenvalue weighted by Crippen LogP contribution is -2.37. The monoisotopic (exact) mass is 309 g/mol. The summed E-state index contributed by atoms with van der Waals surface area (Å²) in [6, 6.07) is 5.64. The molecule has 2 aliphatic rings. The van der Waals surface area contributed by atoms with E-state index < -0.39 is 0 Å². The van der Waals surface area contributed by atoms with E-state index >= 15 is 0 Å². The van der Waals surface area contributed by atoms with Crippen LogP contribution in [0.2, 0.25) is 10.0 Å². The normalized spacial score (nSPS) is 18.8. The van der Waals surface area contributed by atoms with Gasteiger partial charge in [0.05, 0.1) is 0 Å². The molecule has 0 spiro atoms. The molecule has 0 bridgehead atoms. The van der Waals surface area contributed by atoms with Gasteiger partial charge < -0.3 is 5.32 Å². The Labute approximate surface area is 129 Å². The molecule has 3 rings (SSSR count). The van der Waals surface area contributed by atoms with Crippen molar-refractivity contribution < 1.29 is 4.79 Å². The van der Waals surface area contributed by atoms with E-state index in [9.17, 15) is 4.79 Å². The predicted molar refractivity (Wildman–Crippen MR) is 82.9 cm³/mol. The summed E-state index contributed by atoms with van der Waals surface area (Å²) in [4.78, 5) is 12.0. The maximum atomic E-state index is 12.0. The van der Waals surface area contributed by atoms with Crippen molar-refractivity contribution in [1.82, 2.24) is 5.32 Å². The Bertz CT molecular complexity index is 535. The fourth-order valence-electron chi connectivity index (χ4n) is 2.55. The Kier molecular flexibility index (Phi) is 4.04. The topological polar surface area (TPSA) is 29.1 Å². The second-order valence-corrected chi connectivity index (χ2v) is 6.55. The van der Waals surface area contributed by atoms with E-state index in [1.165, 1.54) is 25.7 Å². The van der Waals surface area contributed by atoms with Gasteiger partial charge in [-0.3, -0.25) is 4.79 Å². The number of hydrogen-bond acceptors (Lipinski definition) is 1. The third kappa shape index (κ3) is 3.56. The van der Waals surface area contributed by atoms with E-state index in [1.807, 2.05) is 6.07 Å². The lowest BCUT2D eigenvalue weighted by atomic mass is 10.1. The molecule has 1 aromatic rings. The van der Waals surface area contributed by atoms with Gasteiger partial charge in [-0.1, -0.05) is 29.3 Å². The lowest BCUT2D eigenvalue weighted by Gasteiger charge is -2.16. The largest absolute Gasteiger partial charge is 0.349 e. The van der Waals surface area contributed by atoms with E-state index in [1.54, 1.807) is 24.3 Å². The minimum absolute atomic E-state index is 0.0279. The fraction of sp³-hybridized carbons (Fsp3) is 0.438. The average molecular weight is 310 g/mol.